The molecular weight excluding hydrogens is 352 g/mol. The Labute approximate surface area is 155 Å². The maximum atomic E-state index is 12.8. The van der Waals surface area contributed by atoms with E-state index in [0.29, 0.717) is 44.3 Å². The molecule has 2 aliphatic rings. The molecule has 1 aliphatic heterocycles. The van der Waals surface area contributed by atoms with E-state index in [1.165, 1.54) is 12.8 Å². The summed E-state index contributed by atoms with van der Waals surface area (Å²) >= 11 is 0. The van der Waals surface area contributed by atoms with Crippen molar-refractivity contribution >= 4 is 21.4 Å². The van der Waals surface area contributed by atoms with Crippen molar-refractivity contribution in [2.24, 2.45) is 0 Å². The minimum absolute atomic E-state index is 0.297. The van der Waals surface area contributed by atoms with Gasteiger partial charge in [0.1, 0.15) is 0 Å². The molecule has 2 fully saturated rings. The highest BCUT2D eigenvalue weighted by Crippen LogP contribution is 2.29. The van der Waals surface area contributed by atoms with Crippen molar-refractivity contribution in [3.63, 3.8) is 0 Å². The Balaban J connectivity index is 1.63. The van der Waals surface area contributed by atoms with E-state index in [1.54, 1.807) is 0 Å². The molecule has 1 aromatic carbocycles. The Morgan fingerprint density at radius 2 is 1.81 bits per heavy atom. The molecule has 0 unspecified atom stereocenters. The summed E-state index contributed by atoms with van der Waals surface area (Å²) in [4.78, 5) is 12.8. The molecule has 1 heterocycles. The van der Waals surface area contributed by atoms with Gasteiger partial charge >= 0.3 is 0 Å². The van der Waals surface area contributed by atoms with Gasteiger partial charge < -0.3 is 15.4 Å². The topological polar surface area (TPSA) is 84.5 Å². The second-order valence-corrected chi connectivity index (χ2v) is 9.71. The molecule has 0 radical (unpaired) electrons. The van der Waals surface area contributed by atoms with Gasteiger partial charge in [-0.05, 0) is 56.5 Å². The molecular formula is C19H28N2O4S. The average molecular weight is 381 g/mol. The summed E-state index contributed by atoms with van der Waals surface area (Å²) in [5.41, 5.74) is 1.66. The first kappa shape index (κ1) is 19.3. The van der Waals surface area contributed by atoms with Gasteiger partial charge in [0.2, 0.25) is 5.91 Å². The fraction of sp³-hybridized carbons (Fsp3) is 0.632. The molecule has 0 bridgehead atoms. The van der Waals surface area contributed by atoms with Crippen molar-refractivity contribution in [3.8, 4) is 0 Å². The number of benzene rings is 1. The summed E-state index contributed by atoms with van der Waals surface area (Å²) in [6.07, 6.45) is 6.87. The van der Waals surface area contributed by atoms with Gasteiger partial charge in [0.05, 0.1) is 12.7 Å². The SMILES string of the molecule is CS(=O)(=O)C1(C(=O)Nc2ccc(COC3CCCC3)cc2)CCNCC1. The van der Waals surface area contributed by atoms with Gasteiger partial charge in [-0.3, -0.25) is 4.79 Å². The number of carbonyl (C=O) groups excluding carboxylic acids is 1. The van der Waals surface area contributed by atoms with Gasteiger partial charge in [0.25, 0.3) is 0 Å². The van der Waals surface area contributed by atoms with Crippen LogP contribution in [0.3, 0.4) is 0 Å². The molecule has 1 saturated heterocycles. The Bertz CT molecular complexity index is 718. The molecule has 144 valence electrons. The summed E-state index contributed by atoms with van der Waals surface area (Å²) in [7, 11) is -3.51. The Kier molecular flexibility index (Phi) is 5.99. The molecule has 0 spiro atoms. The number of carbonyl (C=O) groups is 1. The maximum Gasteiger partial charge on any atom is 0.245 e. The molecule has 1 saturated carbocycles. The summed E-state index contributed by atoms with van der Waals surface area (Å²) in [5.74, 6) is -0.434. The minimum atomic E-state index is -3.51. The normalized spacial score (nSPS) is 20.8. The van der Waals surface area contributed by atoms with Crippen LogP contribution in [0.2, 0.25) is 0 Å². The number of hydrogen-bond acceptors (Lipinski definition) is 5. The molecule has 6 nitrogen and oxygen atoms in total. The Morgan fingerprint density at radius 1 is 1.19 bits per heavy atom. The zero-order valence-corrected chi connectivity index (χ0v) is 16.1. The Morgan fingerprint density at radius 3 is 2.38 bits per heavy atom. The predicted molar refractivity (Wildman–Crippen MR) is 102 cm³/mol. The lowest BCUT2D eigenvalue weighted by Crippen LogP contribution is -2.55. The van der Waals surface area contributed by atoms with Crippen LogP contribution in [-0.4, -0.2) is 44.5 Å². The molecule has 3 rings (SSSR count). The van der Waals surface area contributed by atoms with Crippen LogP contribution >= 0.6 is 0 Å². The van der Waals surface area contributed by atoms with Crippen molar-refractivity contribution in [1.82, 2.24) is 5.32 Å². The number of piperidine rings is 1. The Hall–Kier alpha value is -1.44. The van der Waals surface area contributed by atoms with Gasteiger partial charge in [-0.2, -0.15) is 0 Å². The number of hydrogen-bond donors (Lipinski definition) is 2. The smallest absolute Gasteiger partial charge is 0.245 e. The molecule has 1 aromatic rings. The highest BCUT2D eigenvalue weighted by atomic mass is 32.2. The van der Waals surface area contributed by atoms with Crippen molar-refractivity contribution in [2.75, 3.05) is 24.7 Å². The second kappa shape index (κ2) is 8.06. The second-order valence-electron chi connectivity index (χ2n) is 7.38. The first-order chi connectivity index (χ1) is 12.4. The standard InChI is InChI=1S/C19H28N2O4S/c1-26(23,24)19(10-12-20-13-11-19)18(22)21-16-8-6-15(7-9-16)14-25-17-4-2-3-5-17/h6-9,17,20H,2-5,10-14H2,1H3,(H,21,22). The number of sulfone groups is 1. The zero-order valence-electron chi connectivity index (χ0n) is 15.3. The van der Waals surface area contributed by atoms with Crippen LogP contribution in [0.4, 0.5) is 5.69 Å². The number of amides is 1. The van der Waals surface area contributed by atoms with E-state index < -0.39 is 20.5 Å². The lowest BCUT2D eigenvalue weighted by atomic mass is 9.95. The van der Waals surface area contributed by atoms with Crippen LogP contribution in [0.1, 0.15) is 44.1 Å². The van der Waals surface area contributed by atoms with E-state index in [4.69, 9.17) is 4.74 Å². The van der Waals surface area contributed by atoms with Gasteiger partial charge in [-0.15, -0.1) is 0 Å². The van der Waals surface area contributed by atoms with Crippen molar-refractivity contribution < 1.29 is 17.9 Å². The van der Waals surface area contributed by atoms with Crippen LogP contribution in [0.25, 0.3) is 0 Å². The minimum Gasteiger partial charge on any atom is -0.374 e. The summed E-state index contributed by atoms with van der Waals surface area (Å²) in [5, 5.41) is 5.91. The third-order valence-corrected chi connectivity index (χ3v) is 7.55. The van der Waals surface area contributed by atoms with E-state index in [1.807, 2.05) is 24.3 Å². The van der Waals surface area contributed by atoms with Crippen molar-refractivity contribution in [3.05, 3.63) is 29.8 Å². The molecule has 1 amide bonds. The highest BCUT2D eigenvalue weighted by Gasteiger charge is 2.48. The summed E-state index contributed by atoms with van der Waals surface area (Å²) in [6, 6.07) is 7.45. The zero-order chi connectivity index (χ0) is 18.6. The third-order valence-electron chi connectivity index (χ3n) is 5.53. The van der Waals surface area contributed by atoms with Crippen LogP contribution < -0.4 is 10.6 Å². The first-order valence-electron chi connectivity index (χ1n) is 9.33. The fourth-order valence-corrected chi connectivity index (χ4v) is 5.13. The number of nitrogens with one attached hydrogen (secondary N) is 2. The lowest BCUT2D eigenvalue weighted by Gasteiger charge is -2.34. The van der Waals surface area contributed by atoms with Crippen LogP contribution in [-0.2, 0) is 26.0 Å². The third kappa shape index (κ3) is 4.27. The molecule has 1 aliphatic carbocycles. The maximum absolute atomic E-state index is 12.8. The van der Waals surface area contributed by atoms with E-state index in [2.05, 4.69) is 10.6 Å². The van der Waals surface area contributed by atoms with Crippen LogP contribution in [0, 0.1) is 0 Å². The molecule has 0 atom stereocenters. The number of rotatable bonds is 6. The number of anilines is 1. The van der Waals surface area contributed by atoms with Crippen LogP contribution in [0.5, 0.6) is 0 Å². The molecule has 0 aromatic heterocycles. The fourth-order valence-electron chi connectivity index (χ4n) is 3.80. The lowest BCUT2D eigenvalue weighted by molar-refractivity contribution is -0.119. The van der Waals surface area contributed by atoms with Gasteiger partial charge in [-0.1, -0.05) is 25.0 Å². The molecule has 26 heavy (non-hydrogen) atoms. The van der Waals surface area contributed by atoms with Gasteiger partial charge in [-0.25, -0.2) is 8.42 Å². The van der Waals surface area contributed by atoms with E-state index in [-0.39, 0.29) is 0 Å². The molecule has 2 N–H and O–H groups in total. The van der Waals surface area contributed by atoms with E-state index in [9.17, 15) is 13.2 Å². The average Bonchev–Trinajstić information content (AvgIpc) is 3.14. The van der Waals surface area contributed by atoms with Crippen LogP contribution in [0.15, 0.2) is 24.3 Å². The van der Waals surface area contributed by atoms with Gasteiger partial charge in [0, 0.05) is 11.9 Å². The highest BCUT2D eigenvalue weighted by molar-refractivity contribution is 7.92. The monoisotopic (exact) mass is 380 g/mol. The molecule has 7 heteroatoms. The van der Waals surface area contributed by atoms with Crippen molar-refractivity contribution in [2.45, 2.75) is 56.0 Å². The first-order valence-corrected chi connectivity index (χ1v) is 11.2. The van der Waals surface area contributed by atoms with Crippen molar-refractivity contribution in [1.29, 1.82) is 0 Å². The van der Waals surface area contributed by atoms with E-state index >= 15 is 0 Å². The predicted octanol–water partition coefficient (Wildman–Crippen LogP) is 2.25. The summed E-state index contributed by atoms with van der Waals surface area (Å²) < 4.78 is 29.1. The quantitative estimate of drug-likeness (QED) is 0.791. The van der Waals surface area contributed by atoms with E-state index in [0.717, 1.165) is 24.7 Å². The van der Waals surface area contributed by atoms with Gasteiger partial charge in [0.15, 0.2) is 14.6 Å². The number of ether oxygens (including phenoxy) is 1. The largest absolute Gasteiger partial charge is 0.374 e. The summed E-state index contributed by atoms with van der Waals surface area (Å²) in [6.45, 7) is 1.62.